The minimum absolute atomic E-state index is 0.926. The Hall–Kier alpha value is -0.260. The largest absolute Gasteiger partial charge is 0.0884 e. The molecule has 0 nitrogen and oxygen atoms in total. The van der Waals surface area contributed by atoms with Crippen LogP contribution in [-0.2, 0) is 0 Å². The Labute approximate surface area is 58.0 Å². The first kappa shape index (κ1) is 6.85. The molecule has 0 bridgehead atoms. The molecule has 0 N–H and O–H groups in total. The summed E-state index contributed by atoms with van der Waals surface area (Å²) in [5.41, 5.74) is 1.59. The van der Waals surface area contributed by atoms with Gasteiger partial charge in [0.25, 0.3) is 0 Å². The molecule has 0 spiro atoms. The first-order chi connectivity index (χ1) is 4.25. The zero-order valence-corrected chi connectivity index (χ0v) is 6.65. The summed E-state index contributed by atoms with van der Waals surface area (Å²) in [5.74, 6) is 1.89. The van der Waals surface area contributed by atoms with Crippen LogP contribution in [0, 0.1) is 11.8 Å². The second-order valence-electron chi connectivity index (χ2n) is 3.19. The molecule has 2 atom stereocenters. The molecule has 0 saturated heterocycles. The van der Waals surface area contributed by atoms with E-state index in [4.69, 9.17) is 0 Å². The van der Waals surface area contributed by atoms with Gasteiger partial charge < -0.3 is 0 Å². The fraction of sp³-hybridized carbons (Fsp3) is 0.778. The molecule has 0 heterocycles. The maximum absolute atomic E-state index is 2.35. The van der Waals surface area contributed by atoms with Gasteiger partial charge in [0.1, 0.15) is 0 Å². The van der Waals surface area contributed by atoms with Crippen molar-refractivity contribution in [3.63, 3.8) is 0 Å². The van der Waals surface area contributed by atoms with Crippen LogP contribution >= 0.6 is 0 Å². The fourth-order valence-corrected chi connectivity index (χ4v) is 1.56. The van der Waals surface area contributed by atoms with E-state index in [1.54, 1.807) is 5.57 Å². The Kier molecular flexibility index (Phi) is 1.94. The van der Waals surface area contributed by atoms with Crippen molar-refractivity contribution in [3.8, 4) is 0 Å². The predicted octanol–water partition coefficient (Wildman–Crippen LogP) is 3.00. The van der Waals surface area contributed by atoms with E-state index in [1.165, 1.54) is 12.8 Å². The van der Waals surface area contributed by atoms with E-state index in [1.807, 2.05) is 0 Å². The van der Waals surface area contributed by atoms with Crippen molar-refractivity contribution in [1.29, 1.82) is 0 Å². The highest BCUT2D eigenvalue weighted by molar-refractivity contribution is 5.06. The number of allylic oxidation sites excluding steroid dienone is 2. The predicted molar refractivity (Wildman–Crippen MR) is 41.3 cm³/mol. The third-order valence-corrected chi connectivity index (χ3v) is 2.66. The minimum Gasteiger partial charge on any atom is -0.0884 e. The maximum Gasteiger partial charge on any atom is -0.0180 e. The van der Waals surface area contributed by atoms with Crippen LogP contribution in [0.3, 0.4) is 0 Å². The summed E-state index contributed by atoms with van der Waals surface area (Å²) in [6.07, 6.45) is 5.12. The van der Waals surface area contributed by atoms with E-state index >= 15 is 0 Å². The highest BCUT2D eigenvalue weighted by atomic mass is 14.3. The van der Waals surface area contributed by atoms with Gasteiger partial charge in [0.15, 0.2) is 0 Å². The fourth-order valence-electron chi connectivity index (χ4n) is 1.56. The van der Waals surface area contributed by atoms with Crippen LogP contribution < -0.4 is 0 Å². The van der Waals surface area contributed by atoms with Gasteiger partial charge in [-0.25, -0.2) is 0 Å². The van der Waals surface area contributed by atoms with Gasteiger partial charge in [-0.2, -0.15) is 0 Å². The Balaban J connectivity index is 2.44. The van der Waals surface area contributed by atoms with Gasteiger partial charge in [-0.05, 0) is 38.5 Å². The number of rotatable bonds is 1. The van der Waals surface area contributed by atoms with Gasteiger partial charge in [-0.1, -0.05) is 18.6 Å². The normalized spacial score (nSPS) is 36.1. The third kappa shape index (κ3) is 1.17. The summed E-state index contributed by atoms with van der Waals surface area (Å²) in [4.78, 5) is 0. The zero-order valence-electron chi connectivity index (χ0n) is 6.65. The maximum atomic E-state index is 2.35. The zero-order chi connectivity index (χ0) is 6.85. The Bertz CT molecular complexity index is 122. The average molecular weight is 124 g/mol. The molecule has 1 saturated carbocycles. The molecule has 1 rings (SSSR count). The SMILES string of the molecule is C/C=C(\C)C1CCC1C. The van der Waals surface area contributed by atoms with Gasteiger partial charge in [-0.3, -0.25) is 0 Å². The summed E-state index contributed by atoms with van der Waals surface area (Å²) in [6.45, 7) is 6.74. The van der Waals surface area contributed by atoms with Crippen molar-refractivity contribution in [2.24, 2.45) is 11.8 Å². The third-order valence-electron chi connectivity index (χ3n) is 2.66. The average Bonchev–Trinajstić information content (AvgIpc) is 1.84. The molecule has 0 aromatic rings. The number of hydrogen-bond acceptors (Lipinski definition) is 0. The molecule has 1 aliphatic rings. The lowest BCUT2D eigenvalue weighted by Crippen LogP contribution is -2.23. The summed E-state index contributed by atoms with van der Waals surface area (Å²) >= 11 is 0. The minimum atomic E-state index is 0.926. The second kappa shape index (κ2) is 2.55. The highest BCUT2D eigenvalue weighted by Gasteiger charge is 2.26. The first-order valence-corrected chi connectivity index (χ1v) is 3.88. The second-order valence-corrected chi connectivity index (χ2v) is 3.19. The van der Waals surface area contributed by atoms with E-state index < -0.39 is 0 Å². The van der Waals surface area contributed by atoms with Crippen molar-refractivity contribution in [2.75, 3.05) is 0 Å². The Morgan fingerprint density at radius 2 is 2.11 bits per heavy atom. The Morgan fingerprint density at radius 1 is 1.44 bits per heavy atom. The quantitative estimate of drug-likeness (QED) is 0.471. The Morgan fingerprint density at radius 3 is 2.22 bits per heavy atom. The molecule has 0 aromatic heterocycles. The van der Waals surface area contributed by atoms with Crippen LogP contribution in [-0.4, -0.2) is 0 Å². The van der Waals surface area contributed by atoms with Crippen molar-refractivity contribution in [2.45, 2.75) is 33.6 Å². The van der Waals surface area contributed by atoms with Crippen molar-refractivity contribution in [3.05, 3.63) is 11.6 Å². The molecule has 9 heavy (non-hydrogen) atoms. The van der Waals surface area contributed by atoms with E-state index in [0.29, 0.717) is 0 Å². The van der Waals surface area contributed by atoms with E-state index in [9.17, 15) is 0 Å². The smallest absolute Gasteiger partial charge is 0.0180 e. The molecule has 0 heteroatoms. The van der Waals surface area contributed by atoms with Gasteiger partial charge in [0.2, 0.25) is 0 Å². The first-order valence-electron chi connectivity index (χ1n) is 3.88. The summed E-state index contributed by atoms with van der Waals surface area (Å²) in [7, 11) is 0. The van der Waals surface area contributed by atoms with Gasteiger partial charge in [0.05, 0.1) is 0 Å². The van der Waals surface area contributed by atoms with E-state index in [2.05, 4.69) is 26.8 Å². The van der Waals surface area contributed by atoms with Gasteiger partial charge >= 0.3 is 0 Å². The van der Waals surface area contributed by atoms with Crippen LogP contribution in [0.25, 0.3) is 0 Å². The molecular weight excluding hydrogens is 108 g/mol. The summed E-state index contributed by atoms with van der Waals surface area (Å²) < 4.78 is 0. The molecular formula is C9H16. The van der Waals surface area contributed by atoms with E-state index in [-0.39, 0.29) is 0 Å². The molecule has 1 aliphatic carbocycles. The van der Waals surface area contributed by atoms with Crippen LogP contribution in [0.5, 0.6) is 0 Å². The van der Waals surface area contributed by atoms with Crippen LogP contribution in [0.4, 0.5) is 0 Å². The van der Waals surface area contributed by atoms with Gasteiger partial charge in [0, 0.05) is 0 Å². The molecule has 0 aromatic carbocycles. The highest BCUT2D eigenvalue weighted by Crippen LogP contribution is 2.38. The standard InChI is InChI=1S/C9H16/c1-4-7(2)9-6-5-8(9)3/h4,8-9H,5-6H2,1-3H3/b7-4+. The molecule has 0 aliphatic heterocycles. The van der Waals surface area contributed by atoms with Crippen molar-refractivity contribution in [1.82, 2.24) is 0 Å². The topological polar surface area (TPSA) is 0 Å². The van der Waals surface area contributed by atoms with Gasteiger partial charge in [-0.15, -0.1) is 0 Å². The van der Waals surface area contributed by atoms with Crippen LogP contribution in [0.2, 0.25) is 0 Å². The lowest BCUT2D eigenvalue weighted by Gasteiger charge is -2.34. The molecule has 0 radical (unpaired) electrons. The summed E-state index contributed by atoms with van der Waals surface area (Å²) in [6, 6.07) is 0. The monoisotopic (exact) mass is 124 g/mol. The number of hydrogen-bond donors (Lipinski definition) is 0. The lowest BCUT2D eigenvalue weighted by molar-refractivity contribution is 0.237. The summed E-state index contributed by atoms with van der Waals surface area (Å²) in [5, 5.41) is 0. The van der Waals surface area contributed by atoms with Crippen molar-refractivity contribution < 1.29 is 0 Å². The molecule has 1 fully saturated rings. The lowest BCUT2D eigenvalue weighted by atomic mass is 9.71. The van der Waals surface area contributed by atoms with E-state index in [0.717, 1.165) is 11.8 Å². The molecule has 0 amide bonds. The van der Waals surface area contributed by atoms with Crippen LogP contribution in [0.15, 0.2) is 11.6 Å². The van der Waals surface area contributed by atoms with Crippen molar-refractivity contribution >= 4 is 0 Å². The molecule has 52 valence electrons. The van der Waals surface area contributed by atoms with Crippen LogP contribution in [0.1, 0.15) is 33.6 Å². The molecule has 2 unspecified atom stereocenters.